The predicted octanol–water partition coefficient (Wildman–Crippen LogP) is 2.85. The molecule has 0 fully saturated rings. The summed E-state index contributed by atoms with van der Waals surface area (Å²) >= 11 is 11.1. The second-order valence-corrected chi connectivity index (χ2v) is 5.62. The molecule has 0 unspecified atom stereocenters. The van der Waals surface area contributed by atoms with Crippen molar-refractivity contribution in [1.29, 1.82) is 0 Å². The van der Waals surface area contributed by atoms with Crippen molar-refractivity contribution in [2.45, 2.75) is 0 Å². The van der Waals surface area contributed by atoms with Gasteiger partial charge in [-0.15, -0.1) is 0 Å². The molecule has 0 spiro atoms. The van der Waals surface area contributed by atoms with E-state index >= 15 is 0 Å². The summed E-state index contributed by atoms with van der Waals surface area (Å²) in [6, 6.07) is 7.23. The Labute approximate surface area is 154 Å². The number of hydrogen-bond donors (Lipinski definition) is 3. The lowest BCUT2D eigenvalue weighted by Gasteiger charge is -2.20. The molecule has 2 aromatic carbocycles. The van der Waals surface area contributed by atoms with Crippen LogP contribution in [0.15, 0.2) is 35.4 Å². The molecule has 0 bridgehead atoms. The van der Waals surface area contributed by atoms with Gasteiger partial charge in [-0.3, -0.25) is 0 Å². The molecule has 0 radical (unpaired) electrons. The van der Waals surface area contributed by atoms with Crippen LogP contribution in [0.25, 0.3) is 0 Å². The fraction of sp³-hybridized carbons (Fsp3) is 0.125. The molecule has 0 aliphatic carbocycles. The molecule has 2 rings (SSSR count). The maximum absolute atomic E-state index is 9.84. The van der Waals surface area contributed by atoms with Gasteiger partial charge in [0.05, 0.1) is 25.5 Å². The van der Waals surface area contributed by atoms with Gasteiger partial charge in [0, 0.05) is 23.8 Å². The third kappa shape index (κ3) is 4.23. The highest BCUT2D eigenvalue weighted by Crippen LogP contribution is 2.38. The lowest BCUT2D eigenvalue weighted by Crippen LogP contribution is -2.31. The summed E-state index contributed by atoms with van der Waals surface area (Å²) in [6.07, 6.45) is 1.34. The number of thiocarbonyl (C=S) groups is 1. The van der Waals surface area contributed by atoms with Gasteiger partial charge in [0.25, 0.3) is 0 Å². The van der Waals surface area contributed by atoms with Crippen LogP contribution in [-0.4, -0.2) is 35.8 Å². The Morgan fingerprint density at radius 1 is 1.20 bits per heavy atom. The monoisotopic (exact) mass is 381 g/mol. The van der Waals surface area contributed by atoms with Crippen LogP contribution in [0.2, 0.25) is 5.02 Å². The number of phenolic OH excluding ortho intramolecular Hbond substituents is 2. The van der Waals surface area contributed by atoms with Crippen molar-refractivity contribution in [2.24, 2.45) is 10.8 Å². The van der Waals surface area contributed by atoms with Crippen molar-refractivity contribution < 1.29 is 19.7 Å². The van der Waals surface area contributed by atoms with E-state index in [4.69, 9.17) is 39.0 Å². The van der Waals surface area contributed by atoms with Gasteiger partial charge in [-0.1, -0.05) is 11.6 Å². The van der Waals surface area contributed by atoms with Crippen LogP contribution in [0.3, 0.4) is 0 Å². The molecule has 0 heterocycles. The Balaban J connectivity index is 2.48. The highest BCUT2D eigenvalue weighted by atomic mass is 35.5. The largest absolute Gasteiger partial charge is 0.508 e. The minimum Gasteiger partial charge on any atom is -0.508 e. The van der Waals surface area contributed by atoms with Gasteiger partial charge in [-0.05, 0) is 24.4 Å². The molecule has 0 aliphatic heterocycles. The molecule has 2 aromatic rings. The molecule has 0 aliphatic rings. The van der Waals surface area contributed by atoms with Crippen LogP contribution < -0.4 is 20.2 Å². The fourth-order valence-corrected chi connectivity index (χ4v) is 2.39. The number of ether oxygens (including phenoxy) is 2. The first-order valence-electron chi connectivity index (χ1n) is 6.94. The summed E-state index contributed by atoms with van der Waals surface area (Å²) in [6.45, 7) is 0. The first kappa shape index (κ1) is 18.6. The second-order valence-electron chi connectivity index (χ2n) is 4.80. The number of halogens is 1. The zero-order chi connectivity index (χ0) is 18.6. The number of rotatable bonds is 5. The molecule has 9 heteroatoms. The summed E-state index contributed by atoms with van der Waals surface area (Å²) in [4.78, 5) is 0. The van der Waals surface area contributed by atoms with Crippen molar-refractivity contribution in [2.75, 3.05) is 19.2 Å². The number of anilines is 1. The standard InChI is InChI=1S/C16H16ClN3O4S/c1-23-14-7-12(15(24-2)6-11(14)17)20(16(18)25)19-8-9-3-4-10(21)5-13(9)22/h3-8,21-22H,1-2H3,(H2,18,25)/b19-8-. The van der Waals surface area contributed by atoms with Crippen LogP contribution in [0.5, 0.6) is 23.0 Å². The average Bonchev–Trinajstić information content (AvgIpc) is 2.57. The zero-order valence-electron chi connectivity index (χ0n) is 13.4. The molecule has 0 saturated carbocycles. The van der Waals surface area contributed by atoms with Gasteiger partial charge in [-0.25, -0.2) is 5.01 Å². The summed E-state index contributed by atoms with van der Waals surface area (Å²) in [5, 5.41) is 24.9. The highest BCUT2D eigenvalue weighted by molar-refractivity contribution is 7.80. The minimum atomic E-state index is -0.146. The smallest absolute Gasteiger partial charge is 0.191 e. The SMILES string of the molecule is COc1cc(N(/N=C\c2ccc(O)cc2O)C(N)=S)c(OC)cc1Cl. The van der Waals surface area contributed by atoms with E-state index < -0.39 is 0 Å². The molecular formula is C16H16ClN3O4S. The normalized spacial score (nSPS) is 10.7. The number of methoxy groups -OCH3 is 2. The number of benzene rings is 2. The lowest BCUT2D eigenvalue weighted by atomic mass is 10.2. The number of hydrazone groups is 1. The number of phenols is 2. The van der Waals surface area contributed by atoms with Crippen LogP contribution >= 0.6 is 23.8 Å². The van der Waals surface area contributed by atoms with E-state index in [0.29, 0.717) is 27.8 Å². The Hall–Kier alpha value is -2.71. The Kier molecular flexibility index (Phi) is 5.89. The summed E-state index contributed by atoms with van der Waals surface area (Å²) in [7, 11) is 2.94. The molecule has 0 aromatic heterocycles. The van der Waals surface area contributed by atoms with Crippen molar-refractivity contribution in [1.82, 2.24) is 0 Å². The van der Waals surface area contributed by atoms with Gasteiger partial charge in [0.15, 0.2) is 5.11 Å². The Morgan fingerprint density at radius 2 is 1.88 bits per heavy atom. The van der Waals surface area contributed by atoms with E-state index in [2.05, 4.69) is 5.10 Å². The number of hydrogen-bond acceptors (Lipinski definition) is 6. The molecule has 7 nitrogen and oxygen atoms in total. The number of aromatic hydroxyl groups is 2. The fourth-order valence-electron chi connectivity index (χ4n) is 2.01. The van der Waals surface area contributed by atoms with Gasteiger partial charge in [0.2, 0.25) is 0 Å². The van der Waals surface area contributed by atoms with Gasteiger partial charge >= 0.3 is 0 Å². The van der Waals surface area contributed by atoms with E-state index in [1.165, 1.54) is 43.6 Å². The number of nitrogens with zero attached hydrogens (tertiary/aromatic N) is 2. The van der Waals surface area contributed by atoms with E-state index in [-0.39, 0.29) is 16.6 Å². The van der Waals surface area contributed by atoms with E-state index in [9.17, 15) is 10.2 Å². The lowest BCUT2D eigenvalue weighted by molar-refractivity contribution is 0.404. The molecule has 0 atom stereocenters. The van der Waals surface area contributed by atoms with Gasteiger partial charge in [-0.2, -0.15) is 5.10 Å². The van der Waals surface area contributed by atoms with Gasteiger partial charge in [0.1, 0.15) is 28.7 Å². The third-order valence-electron chi connectivity index (χ3n) is 3.22. The highest BCUT2D eigenvalue weighted by Gasteiger charge is 2.18. The molecule has 0 amide bonds. The molecule has 132 valence electrons. The number of nitrogens with two attached hydrogens (primary N) is 1. The van der Waals surface area contributed by atoms with Crippen molar-refractivity contribution in [3.8, 4) is 23.0 Å². The van der Waals surface area contributed by atoms with Crippen LogP contribution in [0.4, 0.5) is 5.69 Å². The second kappa shape index (κ2) is 7.91. The maximum atomic E-state index is 9.84. The van der Waals surface area contributed by atoms with E-state index in [1.54, 1.807) is 12.1 Å². The summed E-state index contributed by atoms with van der Waals surface area (Å²) in [5.74, 6) is 0.560. The first-order chi connectivity index (χ1) is 11.9. The third-order valence-corrected chi connectivity index (χ3v) is 3.68. The molecular weight excluding hydrogens is 366 g/mol. The molecule has 4 N–H and O–H groups in total. The van der Waals surface area contributed by atoms with Gasteiger partial charge < -0.3 is 25.4 Å². The van der Waals surface area contributed by atoms with E-state index in [0.717, 1.165) is 0 Å². The van der Waals surface area contributed by atoms with Crippen molar-refractivity contribution in [3.63, 3.8) is 0 Å². The van der Waals surface area contributed by atoms with Crippen LogP contribution in [0.1, 0.15) is 5.56 Å². The summed E-state index contributed by atoms with van der Waals surface area (Å²) < 4.78 is 10.5. The maximum Gasteiger partial charge on any atom is 0.191 e. The quantitative estimate of drug-likeness (QED) is 0.416. The Morgan fingerprint density at radius 3 is 2.44 bits per heavy atom. The topological polar surface area (TPSA) is 101 Å². The Bertz CT molecular complexity index is 829. The zero-order valence-corrected chi connectivity index (χ0v) is 15.0. The first-order valence-corrected chi connectivity index (χ1v) is 7.73. The molecule has 25 heavy (non-hydrogen) atoms. The van der Waals surface area contributed by atoms with Crippen molar-refractivity contribution in [3.05, 3.63) is 40.9 Å². The van der Waals surface area contributed by atoms with E-state index in [1.807, 2.05) is 0 Å². The van der Waals surface area contributed by atoms with Crippen LogP contribution in [0, 0.1) is 0 Å². The molecule has 0 saturated heterocycles. The average molecular weight is 382 g/mol. The predicted molar refractivity (Wildman–Crippen MR) is 101 cm³/mol. The minimum absolute atomic E-state index is 0.0582. The summed E-state index contributed by atoms with van der Waals surface area (Å²) in [5.41, 5.74) is 6.53. The van der Waals surface area contributed by atoms with Crippen molar-refractivity contribution >= 4 is 40.8 Å². The van der Waals surface area contributed by atoms with Crippen LogP contribution in [-0.2, 0) is 0 Å².